The number of rotatable bonds is 5. The summed E-state index contributed by atoms with van der Waals surface area (Å²) >= 11 is 5.49. The zero-order chi connectivity index (χ0) is 19.7. The van der Waals surface area contributed by atoms with Gasteiger partial charge in [0, 0.05) is 33.2 Å². The maximum absolute atomic E-state index is 12.7. The van der Waals surface area contributed by atoms with Crippen molar-refractivity contribution in [3.05, 3.63) is 53.5 Å². The van der Waals surface area contributed by atoms with Crippen molar-refractivity contribution in [2.24, 2.45) is 7.05 Å². The fraction of sp³-hybridized carbons (Fsp3) is 0.333. The molecule has 0 N–H and O–H groups in total. The summed E-state index contributed by atoms with van der Waals surface area (Å²) in [6, 6.07) is 12.2. The average Bonchev–Trinajstić information content (AvgIpc) is 3.33. The summed E-state index contributed by atoms with van der Waals surface area (Å²) in [5.41, 5.74) is 0. The van der Waals surface area contributed by atoms with Gasteiger partial charge in [-0.25, -0.2) is 13.1 Å². The maximum atomic E-state index is 12.7. The number of sulfonamides is 1. The van der Waals surface area contributed by atoms with E-state index in [1.165, 1.54) is 4.31 Å². The van der Waals surface area contributed by atoms with E-state index in [0.29, 0.717) is 54.1 Å². The van der Waals surface area contributed by atoms with E-state index in [0.717, 1.165) is 0 Å². The molecule has 0 radical (unpaired) electrons. The highest BCUT2D eigenvalue weighted by molar-refractivity contribution is 7.89. The van der Waals surface area contributed by atoms with Gasteiger partial charge in [0.2, 0.25) is 10.0 Å². The van der Waals surface area contributed by atoms with E-state index in [2.05, 4.69) is 10.00 Å². The zero-order valence-electron chi connectivity index (χ0n) is 15.4. The molecule has 0 bridgehead atoms. The predicted octanol–water partition coefficient (Wildman–Crippen LogP) is 2.18. The molecule has 3 aromatic rings. The first-order valence-electron chi connectivity index (χ1n) is 8.92. The van der Waals surface area contributed by atoms with Gasteiger partial charge in [-0.15, -0.1) is 5.10 Å². The monoisotopic (exact) mass is 419 g/mol. The van der Waals surface area contributed by atoms with Gasteiger partial charge in [0.25, 0.3) is 0 Å². The van der Waals surface area contributed by atoms with Crippen LogP contribution in [0.5, 0.6) is 0 Å². The molecule has 148 valence electrons. The highest BCUT2D eigenvalue weighted by Crippen LogP contribution is 2.19. The van der Waals surface area contributed by atoms with E-state index in [1.54, 1.807) is 35.2 Å². The average molecular weight is 420 g/mol. The second kappa shape index (κ2) is 7.63. The van der Waals surface area contributed by atoms with Crippen molar-refractivity contribution in [1.82, 2.24) is 23.6 Å². The van der Waals surface area contributed by atoms with Crippen LogP contribution in [0.1, 0.15) is 0 Å². The Morgan fingerprint density at radius 2 is 1.79 bits per heavy atom. The molecule has 1 saturated heterocycles. The third-order valence-electron chi connectivity index (χ3n) is 4.83. The second-order valence-corrected chi connectivity index (χ2v) is 8.92. The Kier molecular flexibility index (Phi) is 5.19. The van der Waals surface area contributed by atoms with Crippen LogP contribution in [0.3, 0.4) is 0 Å². The molecular weight excluding hydrogens is 398 g/mol. The van der Waals surface area contributed by atoms with Crippen LogP contribution in [-0.4, -0.2) is 58.1 Å². The molecule has 1 aromatic carbocycles. The van der Waals surface area contributed by atoms with Crippen LogP contribution >= 0.6 is 12.2 Å². The molecule has 0 spiro atoms. The summed E-state index contributed by atoms with van der Waals surface area (Å²) in [5, 5.41) is 4.57. The fourth-order valence-corrected chi connectivity index (χ4v) is 4.87. The zero-order valence-corrected chi connectivity index (χ0v) is 17.1. The first-order chi connectivity index (χ1) is 13.5. The molecule has 0 amide bonds. The van der Waals surface area contributed by atoms with Crippen molar-refractivity contribution < 1.29 is 12.8 Å². The molecule has 8 nitrogen and oxygen atoms in total. The van der Waals surface area contributed by atoms with Crippen molar-refractivity contribution in [1.29, 1.82) is 0 Å². The summed E-state index contributed by atoms with van der Waals surface area (Å²) in [6.45, 7) is 2.60. The quantitative estimate of drug-likeness (QED) is 0.590. The first kappa shape index (κ1) is 19.1. The van der Waals surface area contributed by atoms with Crippen LogP contribution in [0.25, 0.3) is 11.6 Å². The Balaban J connectivity index is 1.44. The van der Waals surface area contributed by atoms with E-state index in [-0.39, 0.29) is 0 Å². The van der Waals surface area contributed by atoms with Crippen LogP contribution < -0.4 is 0 Å². The molecule has 2 aromatic heterocycles. The van der Waals surface area contributed by atoms with Crippen molar-refractivity contribution in [2.75, 3.05) is 26.2 Å². The Bertz CT molecular complexity index is 1100. The minimum Gasteiger partial charge on any atom is -0.461 e. The summed E-state index contributed by atoms with van der Waals surface area (Å²) < 4.78 is 36.6. The molecule has 0 aliphatic carbocycles. The molecule has 0 atom stereocenters. The van der Waals surface area contributed by atoms with Crippen LogP contribution in [0.15, 0.2) is 58.0 Å². The van der Waals surface area contributed by atoms with Gasteiger partial charge < -0.3 is 8.98 Å². The number of nitrogens with zero attached hydrogens (tertiary/aromatic N) is 5. The molecule has 4 rings (SSSR count). The number of hydrogen-bond donors (Lipinski definition) is 0. The first-order valence-corrected chi connectivity index (χ1v) is 10.8. The van der Waals surface area contributed by atoms with E-state index >= 15 is 0 Å². The molecular formula is C18H21N5O3S2. The summed E-state index contributed by atoms with van der Waals surface area (Å²) in [6.07, 6.45) is 1.60. The summed E-state index contributed by atoms with van der Waals surface area (Å²) in [7, 11) is -1.60. The van der Waals surface area contributed by atoms with E-state index < -0.39 is 10.0 Å². The van der Waals surface area contributed by atoms with Crippen LogP contribution in [0.4, 0.5) is 0 Å². The smallest absolute Gasteiger partial charge is 0.243 e. The van der Waals surface area contributed by atoms with Gasteiger partial charge in [-0.3, -0.25) is 4.90 Å². The largest absolute Gasteiger partial charge is 0.461 e. The van der Waals surface area contributed by atoms with Crippen molar-refractivity contribution in [3.8, 4) is 11.6 Å². The highest BCUT2D eigenvalue weighted by atomic mass is 32.2. The highest BCUT2D eigenvalue weighted by Gasteiger charge is 2.28. The number of benzene rings is 1. The lowest BCUT2D eigenvalue weighted by molar-refractivity contribution is 0.144. The van der Waals surface area contributed by atoms with Crippen LogP contribution in [0.2, 0.25) is 0 Å². The van der Waals surface area contributed by atoms with Crippen LogP contribution in [0, 0.1) is 4.77 Å². The molecule has 1 aliphatic heterocycles. The molecule has 10 heteroatoms. The van der Waals surface area contributed by atoms with Crippen molar-refractivity contribution >= 4 is 22.2 Å². The van der Waals surface area contributed by atoms with Gasteiger partial charge in [-0.1, -0.05) is 18.2 Å². The number of aromatic nitrogens is 3. The van der Waals surface area contributed by atoms with Crippen molar-refractivity contribution in [3.63, 3.8) is 0 Å². The van der Waals surface area contributed by atoms with Gasteiger partial charge in [0.15, 0.2) is 16.4 Å². The Labute approximate surface area is 168 Å². The fourth-order valence-electron chi connectivity index (χ4n) is 3.24. The Morgan fingerprint density at radius 3 is 2.43 bits per heavy atom. The lowest BCUT2D eigenvalue weighted by Gasteiger charge is -2.33. The maximum Gasteiger partial charge on any atom is 0.243 e. The molecule has 0 saturated carbocycles. The third kappa shape index (κ3) is 3.55. The molecule has 1 aliphatic rings. The van der Waals surface area contributed by atoms with Gasteiger partial charge in [0.1, 0.15) is 0 Å². The Hall–Kier alpha value is -2.27. The Morgan fingerprint density at radius 1 is 1.07 bits per heavy atom. The standard InChI is InChI=1S/C18H21N5O3S2/c1-20-17(16-8-5-13-26-16)19-23(18(20)27)14-21-9-11-22(12-10-21)28(24,25)15-6-3-2-4-7-15/h2-8,13H,9-12,14H2,1H3. The van der Waals surface area contributed by atoms with Gasteiger partial charge in [-0.05, 0) is 36.5 Å². The van der Waals surface area contributed by atoms with E-state index in [9.17, 15) is 8.42 Å². The van der Waals surface area contributed by atoms with Gasteiger partial charge in [0.05, 0.1) is 17.8 Å². The number of furan rings is 1. The normalized spacial score (nSPS) is 16.5. The predicted molar refractivity (Wildman–Crippen MR) is 107 cm³/mol. The minimum absolute atomic E-state index is 0.332. The minimum atomic E-state index is -3.45. The van der Waals surface area contributed by atoms with E-state index in [1.807, 2.05) is 29.8 Å². The lowest BCUT2D eigenvalue weighted by Crippen LogP contribution is -2.48. The summed E-state index contributed by atoms with van der Waals surface area (Å²) in [4.78, 5) is 2.48. The van der Waals surface area contributed by atoms with Crippen molar-refractivity contribution in [2.45, 2.75) is 11.6 Å². The van der Waals surface area contributed by atoms with Crippen LogP contribution in [-0.2, 0) is 23.7 Å². The van der Waals surface area contributed by atoms with Gasteiger partial charge in [-0.2, -0.15) is 4.31 Å². The van der Waals surface area contributed by atoms with Gasteiger partial charge >= 0.3 is 0 Å². The third-order valence-corrected chi connectivity index (χ3v) is 7.23. The lowest BCUT2D eigenvalue weighted by atomic mass is 10.4. The molecule has 1 fully saturated rings. The molecule has 28 heavy (non-hydrogen) atoms. The second-order valence-electron chi connectivity index (χ2n) is 6.62. The number of piperazine rings is 1. The SMILES string of the molecule is Cn1c(-c2ccco2)nn(CN2CCN(S(=O)(=O)c3ccccc3)CC2)c1=S. The topological polar surface area (TPSA) is 76.5 Å². The number of hydrogen-bond acceptors (Lipinski definition) is 6. The van der Waals surface area contributed by atoms with E-state index in [4.69, 9.17) is 16.6 Å². The molecule has 3 heterocycles. The summed E-state index contributed by atoms with van der Waals surface area (Å²) in [5.74, 6) is 1.33. The molecule has 0 unspecified atom stereocenters.